The van der Waals surface area contributed by atoms with E-state index in [1.54, 1.807) is 7.11 Å². The third-order valence-corrected chi connectivity index (χ3v) is 2.88. The van der Waals surface area contributed by atoms with Crippen molar-refractivity contribution < 1.29 is 14.2 Å². The van der Waals surface area contributed by atoms with Gasteiger partial charge in [0.2, 0.25) is 0 Å². The normalized spacial score (nSPS) is 10.8. The van der Waals surface area contributed by atoms with Crippen molar-refractivity contribution in [2.24, 2.45) is 0 Å². The van der Waals surface area contributed by atoms with Gasteiger partial charge in [-0.05, 0) is 26.0 Å². The first-order valence-corrected chi connectivity index (χ1v) is 7.27. The maximum Gasteiger partial charge on any atom is 0.123 e. The lowest BCUT2D eigenvalue weighted by Crippen LogP contribution is -2.16. The van der Waals surface area contributed by atoms with E-state index in [0.717, 1.165) is 25.3 Å². The molecule has 0 radical (unpaired) electrons. The molecular formula is C16H27NO3. The maximum absolute atomic E-state index is 5.80. The smallest absolute Gasteiger partial charge is 0.123 e. The van der Waals surface area contributed by atoms with Crippen LogP contribution in [0.5, 0.6) is 5.75 Å². The van der Waals surface area contributed by atoms with Gasteiger partial charge in [0.05, 0.1) is 19.8 Å². The molecule has 1 N–H and O–H groups in total. The standard InChI is InChI=1S/C16H27NO3/c1-4-7-17-13-15-12-14(2)5-6-16(15)20-11-10-19-9-8-18-3/h5-6,12,17H,4,7-11,13H2,1-3H3. The first-order chi connectivity index (χ1) is 9.77. The second-order valence-electron chi connectivity index (χ2n) is 4.74. The predicted octanol–water partition coefficient (Wildman–Crippen LogP) is 2.54. The van der Waals surface area contributed by atoms with Gasteiger partial charge in [0.15, 0.2) is 0 Å². The first kappa shape index (κ1) is 17.0. The highest BCUT2D eigenvalue weighted by molar-refractivity contribution is 5.36. The lowest BCUT2D eigenvalue weighted by Gasteiger charge is -2.13. The summed E-state index contributed by atoms with van der Waals surface area (Å²) in [6, 6.07) is 6.28. The Morgan fingerprint density at radius 1 is 1.10 bits per heavy atom. The zero-order valence-electron chi connectivity index (χ0n) is 12.9. The number of rotatable bonds is 11. The minimum atomic E-state index is 0.563. The molecule has 0 aliphatic rings. The molecule has 114 valence electrons. The Kier molecular flexibility index (Phi) is 9.04. The van der Waals surface area contributed by atoms with Gasteiger partial charge in [-0.15, -0.1) is 0 Å². The fraction of sp³-hybridized carbons (Fsp3) is 0.625. The molecule has 0 fully saturated rings. The van der Waals surface area contributed by atoms with Crippen LogP contribution < -0.4 is 10.1 Å². The number of nitrogens with one attached hydrogen (secondary N) is 1. The number of ether oxygens (including phenoxy) is 3. The third-order valence-electron chi connectivity index (χ3n) is 2.88. The molecule has 4 heteroatoms. The van der Waals surface area contributed by atoms with E-state index < -0.39 is 0 Å². The second-order valence-corrected chi connectivity index (χ2v) is 4.74. The van der Waals surface area contributed by atoms with Crippen LogP contribution in [0.15, 0.2) is 18.2 Å². The summed E-state index contributed by atoms with van der Waals surface area (Å²) < 4.78 is 16.1. The molecule has 0 aliphatic carbocycles. The Morgan fingerprint density at radius 3 is 2.65 bits per heavy atom. The molecule has 1 aromatic carbocycles. The Bertz CT molecular complexity index is 369. The summed E-state index contributed by atoms with van der Waals surface area (Å²) in [5.74, 6) is 0.939. The van der Waals surface area contributed by atoms with Gasteiger partial charge in [-0.25, -0.2) is 0 Å². The van der Waals surface area contributed by atoms with Crippen LogP contribution in [0.25, 0.3) is 0 Å². The van der Waals surface area contributed by atoms with E-state index in [1.165, 1.54) is 11.1 Å². The molecule has 0 saturated carbocycles. The first-order valence-electron chi connectivity index (χ1n) is 7.27. The molecule has 0 aromatic heterocycles. The maximum atomic E-state index is 5.80. The molecule has 0 aliphatic heterocycles. The highest BCUT2D eigenvalue weighted by Crippen LogP contribution is 2.19. The third kappa shape index (κ3) is 6.89. The van der Waals surface area contributed by atoms with E-state index in [-0.39, 0.29) is 0 Å². The fourth-order valence-corrected chi connectivity index (χ4v) is 1.84. The van der Waals surface area contributed by atoms with Gasteiger partial charge in [0.25, 0.3) is 0 Å². The lowest BCUT2D eigenvalue weighted by atomic mass is 10.1. The van der Waals surface area contributed by atoms with Gasteiger partial charge in [-0.2, -0.15) is 0 Å². The van der Waals surface area contributed by atoms with E-state index in [1.807, 2.05) is 6.07 Å². The molecule has 4 nitrogen and oxygen atoms in total. The molecule has 0 amide bonds. The minimum Gasteiger partial charge on any atom is -0.491 e. The zero-order chi connectivity index (χ0) is 14.6. The average molecular weight is 281 g/mol. The van der Waals surface area contributed by atoms with Crippen LogP contribution in [0.3, 0.4) is 0 Å². The van der Waals surface area contributed by atoms with Gasteiger partial charge in [-0.1, -0.05) is 24.6 Å². The van der Waals surface area contributed by atoms with Gasteiger partial charge < -0.3 is 19.5 Å². The number of hydrogen-bond donors (Lipinski definition) is 1. The van der Waals surface area contributed by atoms with Crippen molar-refractivity contribution in [3.8, 4) is 5.75 Å². The van der Waals surface area contributed by atoms with E-state index in [2.05, 4.69) is 31.3 Å². The van der Waals surface area contributed by atoms with E-state index in [9.17, 15) is 0 Å². The summed E-state index contributed by atoms with van der Waals surface area (Å²) >= 11 is 0. The molecule has 20 heavy (non-hydrogen) atoms. The molecule has 1 aromatic rings. The van der Waals surface area contributed by atoms with Gasteiger partial charge >= 0.3 is 0 Å². The molecule has 1 rings (SSSR count). The number of hydrogen-bond acceptors (Lipinski definition) is 4. The largest absolute Gasteiger partial charge is 0.491 e. The van der Waals surface area contributed by atoms with Crippen LogP contribution in [0.1, 0.15) is 24.5 Å². The van der Waals surface area contributed by atoms with Crippen molar-refractivity contribution in [1.82, 2.24) is 5.32 Å². The van der Waals surface area contributed by atoms with Crippen molar-refractivity contribution in [1.29, 1.82) is 0 Å². The molecule has 0 saturated heterocycles. The van der Waals surface area contributed by atoms with Gasteiger partial charge in [0.1, 0.15) is 12.4 Å². The summed E-state index contributed by atoms with van der Waals surface area (Å²) in [6.45, 7) is 8.50. The monoisotopic (exact) mass is 281 g/mol. The Labute approximate surface area is 122 Å². The summed E-state index contributed by atoms with van der Waals surface area (Å²) in [4.78, 5) is 0. The summed E-state index contributed by atoms with van der Waals surface area (Å²) in [6.07, 6.45) is 1.13. The van der Waals surface area contributed by atoms with Crippen LogP contribution in [0.4, 0.5) is 0 Å². The number of methoxy groups -OCH3 is 1. The predicted molar refractivity (Wildman–Crippen MR) is 81.4 cm³/mol. The van der Waals surface area contributed by atoms with Gasteiger partial charge in [-0.3, -0.25) is 0 Å². The summed E-state index contributed by atoms with van der Waals surface area (Å²) in [7, 11) is 1.67. The molecule has 0 unspecified atom stereocenters. The van der Waals surface area contributed by atoms with Crippen molar-refractivity contribution in [3.63, 3.8) is 0 Å². The number of aryl methyl sites for hydroxylation is 1. The van der Waals surface area contributed by atoms with Crippen molar-refractivity contribution in [2.75, 3.05) is 40.1 Å². The Balaban J connectivity index is 2.38. The summed E-state index contributed by atoms with van der Waals surface area (Å²) in [5.41, 5.74) is 2.46. The minimum absolute atomic E-state index is 0.563. The zero-order valence-corrected chi connectivity index (χ0v) is 12.9. The molecular weight excluding hydrogens is 254 g/mol. The topological polar surface area (TPSA) is 39.7 Å². The van der Waals surface area contributed by atoms with E-state index in [0.29, 0.717) is 26.4 Å². The number of benzene rings is 1. The molecule has 0 heterocycles. The highest BCUT2D eigenvalue weighted by atomic mass is 16.5. The summed E-state index contributed by atoms with van der Waals surface area (Å²) in [5, 5.41) is 3.41. The fourth-order valence-electron chi connectivity index (χ4n) is 1.84. The Hall–Kier alpha value is -1.10. The van der Waals surface area contributed by atoms with Crippen LogP contribution in [0.2, 0.25) is 0 Å². The molecule has 0 bridgehead atoms. The lowest BCUT2D eigenvalue weighted by molar-refractivity contribution is 0.0542. The SMILES string of the molecule is CCCNCc1cc(C)ccc1OCCOCCOC. The van der Waals surface area contributed by atoms with E-state index >= 15 is 0 Å². The average Bonchev–Trinajstić information content (AvgIpc) is 2.45. The Morgan fingerprint density at radius 2 is 1.90 bits per heavy atom. The second kappa shape index (κ2) is 10.7. The van der Waals surface area contributed by atoms with Crippen LogP contribution in [-0.2, 0) is 16.0 Å². The van der Waals surface area contributed by atoms with E-state index in [4.69, 9.17) is 14.2 Å². The van der Waals surface area contributed by atoms with Crippen LogP contribution in [0, 0.1) is 6.92 Å². The highest BCUT2D eigenvalue weighted by Gasteiger charge is 2.04. The van der Waals surface area contributed by atoms with Crippen LogP contribution in [-0.4, -0.2) is 40.1 Å². The van der Waals surface area contributed by atoms with Crippen molar-refractivity contribution >= 4 is 0 Å². The van der Waals surface area contributed by atoms with Crippen molar-refractivity contribution in [3.05, 3.63) is 29.3 Å². The quantitative estimate of drug-likeness (QED) is 0.633. The molecule has 0 atom stereocenters. The van der Waals surface area contributed by atoms with Crippen LogP contribution >= 0.6 is 0 Å². The molecule has 0 spiro atoms. The van der Waals surface area contributed by atoms with Crippen molar-refractivity contribution in [2.45, 2.75) is 26.8 Å². The van der Waals surface area contributed by atoms with Gasteiger partial charge in [0, 0.05) is 19.2 Å².